The maximum atomic E-state index is 12.9. The maximum Gasteiger partial charge on any atom is 0.321 e. The Kier molecular flexibility index (Phi) is 4.93. The van der Waals surface area contributed by atoms with Gasteiger partial charge in [-0.15, -0.1) is 0 Å². The van der Waals surface area contributed by atoms with Crippen molar-refractivity contribution in [3.8, 4) is 0 Å². The summed E-state index contributed by atoms with van der Waals surface area (Å²) in [6.07, 6.45) is 3.58. The molecule has 24 heavy (non-hydrogen) atoms. The van der Waals surface area contributed by atoms with Crippen molar-refractivity contribution >= 4 is 17.5 Å². The van der Waals surface area contributed by atoms with Gasteiger partial charge in [-0.2, -0.15) is 0 Å². The van der Waals surface area contributed by atoms with Gasteiger partial charge in [0.15, 0.2) is 0 Å². The average molecular weight is 328 g/mol. The second-order valence-electron chi connectivity index (χ2n) is 5.95. The zero-order chi connectivity index (χ0) is 16.9. The maximum absolute atomic E-state index is 12.9. The third kappa shape index (κ3) is 3.82. The van der Waals surface area contributed by atoms with Crippen LogP contribution in [0.4, 0.5) is 20.7 Å². The molecule has 3 rings (SSSR count). The lowest BCUT2D eigenvalue weighted by molar-refractivity contribution is 0.193. The molecule has 0 unspecified atom stereocenters. The van der Waals surface area contributed by atoms with E-state index in [1.807, 2.05) is 18.2 Å². The zero-order valence-electron chi connectivity index (χ0n) is 13.7. The number of hydrogen-bond acceptors (Lipinski definition) is 3. The quantitative estimate of drug-likeness (QED) is 0.940. The first-order chi connectivity index (χ1) is 11.6. The normalized spacial score (nSPS) is 15.2. The van der Waals surface area contributed by atoms with E-state index in [1.54, 1.807) is 30.3 Å². The fourth-order valence-electron chi connectivity index (χ4n) is 2.93. The first-order valence-corrected chi connectivity index (χ1v) is 8.09. The molecule has 0 aliphatic carbocycles. The molecule has 2 heterocycles. The number of nitrogens with zero attached hydrogens (tertiary/aromatic N) is 3. The fraction of sp³-hybridized carbons (Fsp3) is 0.333. The van der Waals surface area contributed by atoms with Crippen LogP contribution in [0.3, 0.4) is 0 Å². The molecule has 2 aromatic rings. The van der Waals surface area contributed by atoms with Crippen molar-refractivity contribution in [3.05, 3.63) is 54.5 Å². The minimum absolute atomic E-state index is 0.169. The van der Waals surface area contributed by atoms with Crippen LogP contribution in [0, 0.1) is 5.82 Å². The number of carbonyl (C=O) groups excluding carboxylic acids is 1. The van der Waals surface area contributed by atoms with Gasteiger partial charge in [-0.3, -0.25) is 0 Å². The highest BCUT2D eigenvalue weighted by Gasteiger charge is 2.25. The van der Waals surface area contributed by atoms with E-state index < -0.39 is 0 Å². The van der Waals surface area contributed by atoms with Crippen molar-refractivity contribution in [1.82, 2.24) is 9.88 Å². The summed E-state index contributed by atoms with van der Waals surface area (Å²) in [5.41, 5.74) is 0.596. The molecule has 126 valence electrons. The largest absolute Gasteiger partial charge is 0.356 e. The number of benzene rings is 1. The zero-order valence-corrected chi connectivity index (χ0v) is 13.7. The van der Waals surface area contributed by atoms with E-state index in [2.05, 4.69) is 15.2 Å². The topological polar surface area (TPSA) is 48.5 Å². The highest BCUT2D eigenvalue weighted by molar-refractivity contribution is 5.89. The lowest BCUT2D eigenvalue weighted by Crippen LogP contribution is -2.47. The van der Waals surface area contributed by atoms with Gasteiger partial charge in [0.05, 0.1) is 0 Å². The number of carbonyl (C=O) groups is 1. The van der Waals surface area contributed by atoms with Gasteiger partial charge in [0.25, 0.3) is 0 Å². The van der Waals surface area contributed by atoms with Gasteiger partial charge < -0.3 is 15.1 Å². The summed E-state index contributed by atoms with van der Waals surface area (Å²) in [7, 11) is 1.81. The molecule has 2 amide bonds. The van der Waals surface area contributed by atoms with E-state index >= 15 is 0 Å². The van der Waals surface area contributed by atoms with Crippen molar-refractivity contribution < 1.29 is 9.18 Å². The van der Waals surface area contributed by atoms with Crippen LogP contribution in [0.15, 0.2) is 48.7 Å². The Labute approximate surface area is 141 Å². The summed E-state index contributed by atoms with van der Waals surface area (Å²) in [4.78, 5) is 20.7. The predicted octanol–water partition coefficient (Wildman–Crippen LogP) is 3.35. The van der Waals surface area contributed by atoms with Crippen molar-refractivity contribution in [2.75, 3.05) is 30.4 Å². The molecule has 0 atom stereocenters. The van der Waals surface area contributed by atoms with Crippen LogP contribution in [-0.2, 0) is 0 Å². The Morgan fingerprint density at radius 1 is 1.21 bits per heavy atom. The van der Waals surface area contributed by atoms with Crippen molar-refractivity contribution in [2.24, 2.45) is 0 Å². The lowest BCUT2D eigenvalue weighted by Gasteiger charge is -2.37. The third-order valence-electron chi connectivity index (χ3n) is 4.40. The van der Waals surface area contributed by atoms with Gasteiger partial charge in [-0.1, -0.05) is 6.07 Å². The summed E-state index contributed by atoms with van der Waals surface area (Å²) < 4.78 is 12.9. The molecule has 1 N–H and O–H groups in total. The summed E-state index contributed by atoms with van der Waals surface area (Å²) in [6.45, 7) is 1.74. The fourth-order valence-corrected chi connectivity index (χ4v) is 2.93. The highest BCUT2D eigenvalue weighted by atomic mass is 19.1. The molecule has 0 spiro atoms. The SMILES string of the molecule is CN(C(=O)Nc1ccc(F)cc1)C1CCN(c2ccccn2)CC1. The highest BCUT2D eigenvalue weighted by Crippen LogP contribution is 2.21. The van der Waals surface area contributed by atoms with Crippen LogP contribution in [0.5, 0.6) is 0 Å². The molecule has 0 bridgehead atoms. The molecule has 0 saturated carbocycles. The number of anilines is 2. The van der Waals surface area contributed by atoms with Gasteiger partial charge in [0.2, 0.25) is 0 Å². The Morgan fingerprint density at radius 2 is 1.92 bits per heavy atom. The Bertz CT molecular complexity index is 669. The van der Waals surface area contributed by atoms with Crippen LogP contribution in [0.1, 0.15) is 12.8 Å². The molecule has 1 aliphatic rings. The molecular weight excluding hydrogens is 307 g/mol. The van der Waals surface area contributed by atoms with Gasteiger partial charge in [0, 0.05) is 38.1 Å². The summed E-state index contributed by atoms with van der Waals surface area (Å²) >= 11 is 0. The molecule has 1 fully saturated rings. The van der Waals surface area contributed by atoms with Crippen molar-refractivity contribution in [1.29, 1.82) is 0 Å². The number of pyridine rings is 1. The van der Waals surface area contributed by atoms with E-state index in [0.717, 1.165) is 31.7 Å². The van der Waals surface area contributed by atoms with Gasteiger partial charge in [-0.25, -0.2) is 14.2 Å². The van der Waals surface area contributed by atoms with Crippen LogP contribution in [0.25, 0.3) is 0 Å². The number of hydrogen-bond donors (Lipinski definition) is 1. The molecule has 1 aromatic carbocycles. The predicted molar refractivity (Wildman–Crippen MR) is 92.7 cm³/mol. The van der Waals surface area contributed by atoms with Crippen molar-refractivity contribution in [3.63, 3.8) is 0 Å². The van der Waals surface area contributed by atoms with E-state index in [4.69, 9.17) is 0 Å². The minimum atomic E-state index is -0.316. The molecule has 1 aromatic heterocycles. The smallest absolute Gasteiger partial charge is 0.321 e. The summed E-state index contributed by atoms with van der Waals surface area (Å²) in [5.74, 6) is 0.664. The standard InChI is InChI=1S/C18H21FN4O/c1-22(18(24)21-15-7-5-14(19)6-8-15)16-9-12-23(13-10-16)17-4-2-3-11-20-17/h2-8,11,16H,9-10,12-13H2,1H3,(H,21,24). The van der Waals surface area contributed by atoms with Gasteiger partial charge in [0.1, 0.15) is 11.6 Å². The van der Waals surface area contributed by atoms with E-state index in [9.17, 15) is 9.18 Å². The van der Waals surface area contributed by atoms with Crippen LogP contribution < -0.4 is 10.2 Å². The van der Waals surface area contributed by atoms with E-state index in [-0.39, 0.29) is 17.9 Å². The number of amides is 2. The first kappa shape index (κ1) is 16.2. The average Bonchev–Trinajstić information content (AvgIpc) is 2.64. The number of aromatic nitrogens is 1. The van der Waals surface area contributed by atoms with Crippen LogP contribution in [-0.4, -0.2) is 42.1 Å². The minimum Gasteiger partial charge on any atom is -0.356 e. The number of halogens is 1. The summed E-state index contributed by atoms with van der Waals surface area (Å²) in [5, 5.41) is 2.80. The monoisotopic (exact) mass is 328 g/mol. The van der Waals surface area contributed by atoms with E-state index in [1.165, 1.54) is 12.1 Å². The Hall–Kier alpha value is -2.63. The third-order valence-corrected chi connectivity index (χ3v) is 4.40. The molecular formula is C18H21FN4O. The van der Waals surface area contributed by atoms with Crippen LogP contribution >= 0.6 is 0 Å². The van der Waals surface area contributed by atoms with E-state index in [0.29, 0.717) is 5.69 Å². The van der Waals surface area contributed by atoms with Crippen molar-refractivity contribution in [2.45, 2.75) is 18.9 Å². The number of rotatable bonds is 3. The number of urea groups is 1. The lowest BCUT2D eigenvalue weighted by atomic mass is 10.0. The van der Waals surface area contributed by atoms with Gasteiger partial charge in [-0.05, 0) is 49.2 Å². The Morgan fingerprint density at radius 3 is 2.54 bits per heavy atom. The number of nitrogens with one attached hydrogen (secondary N) is 1. The molecule has 5 nitrogen and oxygen atoms in total. The molecule has 6 heteroatoms. The molecule has 0 radical (unpaired) electrons. The Balaban J connectivity index is 1.53. The second kappa shape index (κ2) is 7.29. The summed E-state index contributed by atoms with van der Waals surface area (Å²) in [6, 6.07) is 11.7. The molecule has 1 saturated heterocycles. The molecule has 1 aliphatic heterocycles. The van der Waals surface area contributed by atoms with Gasteiger partial charge >= 0.3 is 6.03 Å². The second-order valence-corrected chi connectivity index (χ2v) is 5.95. The van der Waals surface area contributed by atoms with Crippen LogP contribution in [0.2, 0.25) is 0 Å². The number of piperidine rings is 1. The first-order valence-electron chi connectivity index (χ1n) is 8.09.